The van der Waals surface area contributed by atoms with Gasteiger partial charge in [0.2, 0.25) is 5.41 Å². The molecule has 28 heavy (non-hydrogen) atoms. The Bertz CT molecular complexity index is 485. The summed E-state index contributed by atoms with van der Waals surface area (Å²) in [5, 5.41) is 9.59. The van der Waals surface area contributed by atoms with Crippen molar-refractivity contribution >= 4 is 5.97 Å². The van der Waals surface area contributed by atoms with Gasteiger partial charge in [0.15, 0.2) is 6.29 Å². The van der Waals surface area contributed by atoms with Crippen LogP contribution in [0.5, 0.6) is 0 Å². The molecule has 0 unspecified atom stereocenters. The van der Waals surface area contributed by atoms with Crippen LogP contribution < -0.4 is 0 Å². The van der Waals surface area contributed by atoms with Crippen LogP contribution in [-0.4, -0.2) is 31.6 Å². The van der Waals surface area contributed by atoms with E-state index in [0.717, 1.165) is 50.9 Å². The summed E-state index contributed by atoms with van der Waals surface area (Å²) in [7, 11) is 0. The number of ether oxygens (including phenoxy) is 3. The van der Waals surface area contributed by atoms with E-state index >= 15 is 0 Å². The van der Waals surface area contributed by atoms with Crippen molar-refractivity contribution in [3.8, 4) is 6.07 Å². The number of hydrogen-bond donors (Lipinski definition) is 0. The summed E-state index contributed by atoms with van der Waals surface area (Å²) < 4.78 is 17.0. The molecular weight excluding hydrogens is 354 g/mol. The molecule has 0 radical (unpaired) electrons. The summed E-state index contributed by atoms with van der Waals surface area (Å²) in [5.74, 6) is 0.300. The molecule has 0 atom stereocenters. The monoisotopic (exact) mass is 393 g/mol. The molecule has 1 aliphatic heterocycles. The molecule has 0 bridgehead atoms. The van der Waals surface area contributed by atoms with Gasteiger partial charge in [-0.3, -0.25) is 4.79 Å². The van der Waals surface area contributed by atoms with Gasteiger partial charge in [0.25, 0.3) is 0 Å². The Labute approximate surface area is 171 Å². The van der Waals surface area contributed by atoms with E-state index in [-0.39, 0.29) is 25.6 Å². The number of unbranched alkanes of at least 4 members (excludes halogenated alkanes) is 5. The molecule has 0 aromatic rings. The van der Waals surface area contributed by atoms with Crippen LogP contribution in [0.15, 0.2) is 0 Å². The predicted molar refractivity (Wildman–Crippen MR) is 108 cm³/mol. The first-order valence-corrected chi connectivity index (χ1v) is 11.5. The van der Waals surface area contributed by atoms with Crippen LogP contribution in [0.3, 0.4) is 0 Å². The third-order valence-electron chi connectivity index (χ3n) is 6.21. The molecule has 1 heterocycles. The summed E-state index contributed by atoms with van der Waals surface area (Å²) in [5.41, 5.74) is -1.31. The summed E-state index contributed by atoms with van der Waals surface area (Å²) in [6.07, 6.45) is 14.5. The van der Waals surface area contributed by atoms with Crippen LogP contribution in [0.25, 0.3) is 0 Å². The van der Waals surface area contributed by atoms with Crippen molar-refractivity contribution < 1.29 is 19.0 Å². The zero-order chi connectivity index (χ0) is 20.2. The molecule has 5 heteroatoms. The second-order valence-corrected chi connectivity index (χ2v) is 8.64. The van der Waals surface area contributed by atoms with Gasteiger partial charge >= 0.3 is 5.97 Å². The first kappa shape index (κ1) is 23.2. The first-order chi connectivity index (χ1) is 13.6. The van der Waals surface area contributed by atoms with Gasteiger partial charge in [0.1, 0.15) is 6.10 Å². The molecule has 1 saturated heterocycles. The quantitative estimate of drug-likeness (QED) is 0.341. The third-order valence-corrected chi connectivity index (χ3v) is 6.21. The molecule has 160 valence electrons. The van der Waals surface area contributed by atoms with Crippen LogP contribution in [0.1, 0.15) is 97.3 Å². The molecule has 0 aromatic carbocycles. The maximum Gasteiger partial charge on any atom is 0.331 e. The normalized spacial score (nSPS) is 30.5. The van der Waals surface area contributed by atoms with Crippen LogP contribution in [-0.2, 0) is 19.0 Å². The molecule has 2 aliphatic rings. The highest BCUT2D eigenvalue weighted by Gasteiger charge is 2.46. The maximum absolute atomic E-state index is 12.7. The highest BCUT2D eigenvalue weighted by Crippen LogP contribution is 2.33. The number of rotatable bonds is 11. The van der Waals surface area contributed by atoms with Crippen molar-refractivity contribution in [2.24, 2.45) is 11.3 Å². The van der Waals surface area contributed by atoms with Crippen molar-refractivity contribution in [3.63, 3.8) is 0 Å². The molecular formula is C23H39NO4. The highest BCUT2D eigenvalue weighted by atomic mass is 16.7. The fraction of sp³-hybridized carbons (Fsp3) is 0.913. The van der Waals surface area contributed by atoms with Crippen LogP contribution in [0.4, 0.5) is 0 Å². The number of hydrogen-bond acceptors (Lipinski definition) is 5. The summed E-state index contributed by atoms with van der Waals surface area (Å²) in [6, 6.07) is 2.11. The Balaban J connectivity index is 1.69. The zero-order valence-corrected chi connectivity index (χ0v) is 17.9. The van der Waals surface area contributed by atoms with Crippen molar-refractivity contribution in [2.75, 3.05) is 13.2 Å². The average molecular weight is 394 g/mol. The topological polar surface area (TPSA) is 68.6 Å². The number of carbonyl (C=O) groups is 1. The second kappa shape index (κ2) is 12.4. The molecule has 0 aromatic heterocycles. The van der Waals surface area contributed by atoms with Crippen molar-refractivity contribution in [1.29, 1.82) is 5.26 Å². The minimum atomic E-state index is -1.31. The van der Waals surface area contributed by atoms with Gasteiger partial charge in [-0.25, -0.2) is 0 Å². The molecule has 1 saturated carbocycles. The minimum absolute atomic E-state index is 0.0631. The molecule has 5 nitrogen and oxygen atoms in total. The van der Waals surface area contributed by atoms with Gasteiger partial charge in [-0.1, -0.05) is 58.8 Å². The van der Waals surface area contributed by atoms with E-state index in [0.29, 0.717) is 0 Å². The summed E-state index contributed by atoms with van der Waals surface area (Å²) in [4.78, 5) is 12.7. The van der Waals surface area contributed by atoms with Crippen LogP contribution in [0.2, 0.25) is 0 Å². The van der Waals surface area contributed by atoms with Crippen LogP contribution >= 0.6 is 0 Å². The molecule has 0 N–H and O–H groups in total. The molecule has 1 aliphatic carbocycles. The number of carbonyl (C=O) groups excluding carboxylic acids is 1. The Morgan fingerprint density at radius 2 is 1.61 bits per heavy atom. The van der Waals surface area contributed by atoms with Gasteiger partial charge in [-0.15, -0.1) is 0 Å². The smallest absolute Gasteiger partial charge is 0.331 e. The van der Waals surface area contributed by atoms with Gasteiger partial charge < -0.3 is 14.2 Å². The van der Waals surface area contributed by atoms with E-state index in [9.17, 15) is 10.1 Å². The Morgan fingerprint density at radius 1 is 0.964 bits per heavy atom. The lowest BCUT2D eigenvalue weighted by Gasteiger charge is -2.35. The lowest BCUT2D eigenvalue weighted by atomic mass is 9.83. The zero-order valence-electron chi connectivity index (χ0n) is 17.9. The van der Waals surface area contributed by atoms with Crippen molar-refractivity contribution in [2.45, 2.75) is 110 Å². The summed E-state index contributed by atoms with van der Waals surface area (Å²) in [6.45, 7) is 4.50. The Kier molecular flexibility index (Phi) is 10.3. The Hall–Kier alpha value is -1.12. The highest BCUT2D eigenvalue weighted by molar-refractivity contribution is 5.80. The Morgan fingerprint density at radius 3 is 2.21 bits per heavy atom. The third kappa shape index (κ3) is 7.04. The summed E-state index contributed by atoms with van der Waals surface area (Å²) >= 11 is 0. The first-order valence-electron chi connectivity index (χ1n) is 11.5. The van der Waals surface area contributed by atoms with E-state index < -0.39 is 11.4 Å². The van der Waals surface area contributed by atoms with Gasteiger partial charge in [-0.05, 0) is 44.4 Å². The van der Waals surface area contributed by atoms with Crippen molar-refractivity contribution in [3.05, 3.63) is 0 Å². The predicted octanol–water partition coefficient (Wildman–Crippen LogP) is 5.52. The maximum atomic E-state index is 12.7. The number of nitrogens with zero attached hydrogens (tertiary/aromatic N) is 1. The minimum Gasteiger partial charge on any atom is -0.461 e. The van der Waals surface area contributed by atoms with Gasteiger partial charge in [0, 0.05) is 0 Å². The van der Waals surface area contributed by atoms with Gasteiger partial charge in [-0.2, -0.15) is 5.26 Å². The van der Waals surface area contributed by atoms with Crippen molar-refractivity contribution in [1.82, 2.24) is 0 Å². The van der Waals surface area contributed by atoms with E-state index in [1.165, 1.54) is 38.5 Å². The average Bonchev–Trinajstić information content (AvgIpc) is 2.73. The lowest BCUT2D eigenvalue weighted by Crippen LogP contribution is -2.48. The molecule has 2 fully saturated rings. The van der Waals surface area contributed by atoms with Gasteiger partial charge in [0.05, 0.1) is 19.3 Å². The van der Waals surface area contributed by atoms with Crippen LogP contribution in [0, 0.1) is 22.7 Å². The lowest BCUT2D eigenvalue weighted by molar-refractivity contribution is -0.228. The molecule has 0 spiro atoms. The molecule has 2 rings (SSSR count). The standard InChI is InChI=1S/C23H39NO4/c1-3-5-7-8-9-10-19-12-14-20(15-13-19)28-22(25)23(16-24)17-26-21(27-18-23)11-6-4-2/h19-21H,3-15,17-18H2,1-2H3/t19?,20?,21-,23+. The number of nitriles is 1. The second-order valence-electron chi connectivity index (χ2n) is 8.64. The largest absolute Gasteiger partial charge is 0.461 e. The van der Waals surface area contributed by atoms with E-state index in [1.807, 2.05) is 0 Å². The van der Waals surface area contributed by atoms with E-state index in [1.54, 1.807) is 0 Å². The van der Waals surface area contributed by atoms with E-state index in [2.05, 4.69) is 19.9 Å². The fourth-order valence-electron chi connectivity index (χ4n) is 4.16. The van der Waals surface area contributed by atoms with E-state index in [4.69, 9.17) is 14.2 Å². The molecule has 0 amide bonds. The fourth-order valence-corrected chi connectivity index (χ4v) is 4.16. The SMILES string of the molecule is CCCCCCCC1CCC(OC(=O)[C@]2(C#N)CO[C@H](CCCC)OC2)CC1. The number of esters is 1.